The Bertz CT molecular complexity index is 1480. The Morgan fingerprint density at radius 3 is 2.56 bits per heavy atom. The predicted molar refractivity (Wildman–Crippen MR) is 116 cm³/mol. The number of aromatic nitrogens is 4. The molecule has 32 heavy (non-hydrogen) atoms. The Kier molecular flexibility index (Phi) is 4.70. The highest BCUT2D eigenvalue weighted by Crippen LogP contribution is 2.49. The fourth-order valence-corrected chi connectivity index (χ4v) is 5.82. The maximum absolute atomic E-state index is 14.1. The number of benzene rings is 2. The molecule has 1 fully saturated rings. The summed E-state index contributed by atoms with van der Waals surface area (Å²) in [4.78, 5) is 6.89. The maximum Gasteiger partial charge on any atom is 0.325 e. The van der Waals surface area contributed by atoms with Gasteiger partial charge >= 0.3 is 6.01 Å². The fraction of sp³-hybridized carbons (Fsp3) is 0.190. The van der Waals surface area contributed by atoms with E-state index in [9.17, 15) is 12.8 Å². The molecular weight excluding hydrogens is 457 g/mol. The average Bonchev–Trinajstić information content (AvgIpc) is 3.19. The van der Waals surface area contributed by atoms with E-state index < -0.39 is 20.5 Å². The van der Waals surface area contributed by atoms with E-state index >= 15 is 0 Å². The summed E-state index contributed by atoms with van der Waals surface area (Å²) >= 11 is 6.34. The van der Waals surface area contributed by atoms with Crippen LogP contribution in [0, 0.1) is 11.7 Å². The van der Waals surface area contributed by atoms with Crippen LogP contribution in [0.15, 0.2) is 53.6 Å². The van der Waals surface area contributed by atoms with Crippen molar-refractivity contribution in [3.05, 3.63) is 59.4 Å². The minimum absolute atomic E-state index is 0.0248. The first kappa shape index (κ1) is 20.8. The largest absolute Gasteiger partial charge is 0.421 e. The summed E-state index contributed by atoms with van der Waals surface area (Å²) in [7, 11) is -4.13. The van der Waals surface area contributed by atoms with Gasteiger partial charge in [0.2, 0.25) is 9.84 Å². The van der Waals surface area contributed by atoms with Gasteiger partial charge in [0.15, 0.2) is 22.2 Å². The molecule has 0 amide bonds. The molecule has 5 rings (SSSR count). The van der Waals surface area contributed by atoms with E-state index in [1.165, 1.54) is 18.2 Å². The number of hydrogen-bond donors (Lipinski definition) is 2. The molecule has 1 saturated carbocycles. The summed E-state index contributed by atoms with van der Waals surface area (Å²) in [6, 6.07) is 12.2. The van der Waals surface area contributed by atoms with Gasteiger partial charge in [-0.3, -0.25) is 5.10 Å². The van der Waals surface area contributed by atoms with Crippen molar-refractivity contribution in [3.8, 4) is 23.0 Å². The van der Waals surface area contributed by atoms with Gasteiger partial charge in [-0.25, -0.2) is 12.8 Å². The monoisotopic (exact) mass is 473 g/mol. The number of sulfone groups is 1. The first-order valence-corrected chi connectivity index (χ1v) is 11.6. The van der Waals surface area contributed by atoms with Gasteiger partial charge in [0.25, 0.3) is 0 Å². The Labute approximate surface area is 187 Å². The van der Waals surface area contributed by atoms with Crippen LogP contribution in [-0.2, 0) is 9.84 Å². The lowest BCUT2D eigenvalue weighted by Gasteiger charge is -2.14. The molecule has 2 aromatic carbocycles. The van der Waals surface area contributed by atoms with Crippen LogP contribution >= 0.6 is 11.6 Å². The van der Waals surface area contributed by atoms with Gasteiger partial charge in [-0.1, -0.05) is 48.9 Å². The van der Waals surface area contributed by atoms with E-state index in [1.807, 2.05) is 0 Å². The van der Waals surface area contributed by atoms with Gasteiger partial charge in [0.05, 0.1) is 11.1 Å². The molecule has 1 aliphatic rings. The molecular formula is C21H17ClFN5O3S. The molecule has 164 valence electrons. The number of aromatic amines is 1. The molecule has 2 unspecified atom stereocenters. The third-order valence-corrected chi connectivity index (χ3v) is 8.30. The zero-order valence-corrected chi connectivity index (χ0v) is 18.3. The molecule has 2 heterocycles. The minimum atomic E-state index is -4.13. The Morgan fingerprint density at radius 1 is 1.19 bits per heavy atom. The van der Waals surface area contributed by atoms with Crippen molar-refractivity contribution < 1.29 is 17.5 Å². The Hall–Kier alpha value is -3.08. The lowest BCUT2D eigenvalue weighted by molar-refractivity contribution is 0.408. The lowest BCUT2D eigenvalue weighted by Crippen LogP contribution is -2.35. The predicted octanol–water partition coefficient (Wildman–Crippen LogP) is 4.07. The van der Waals surface area contributed by atoms with E-state index in [4.69, 9.17) is 22.1 Å². The molecule has 0 spiro atoms. The lowest BCUT2D eigenvalue weighted by atomic mass is 10.1. The molecule has 2 aromatic heterocycles. The molecule has 0 aliphatic heterocycles. The van der Waals surface area contributed by atoms with Gasteiger partial charge in [-0.15, -0.1) is 0 Å². The first-order valence-electron chi connectivity index (χ1n) is 9.69. The van der Waals surface area contributed by atoms with Gasteiger partial charge in [-0.2, -0.15) is 15.1 Å². The molecule has 11 heteroatoms. The summed E-state index contributed by atoms with van der Waals surface area (Å²) in [5.41, 5.74) is 7.08. The van der Waals surface area contributed by atoms with Crippen molar-refractivity contribution in [2.24, 2.45) is 11.7 Å². The second-order valence-corrected chi connectivity index (χ2v) is 10.2. The van der Waals surface area contributed by atoms with Crippen LogP contribution in [-0.4, -0.2) is 33.5 Å². The van der Waals surface area contributed by atoms with Crippen molar-refractivity contribution in [2.45, 2.75) is 23.2 Å². The van der Waals surface area contributed by atoms with Crippen LogP contribution in [0.2, 0.25) is 5.02 Å². The molecule has 2 atom stereocenters. The number of H-pyrrole nitrogens is 1. The zero-order valence-electron chi connectivity index (χ0n) is 16.7. The molecule has 0 saturated heterocycles. The number of nitrogens with one attached hydrogen (secondary N) is 1. The van der Waals surface area contributed by atoms with Crippen LogP contribution in [0.3, 0.4) is 0 Å². The topological polar surface area (TPSA) is 124 Å². The standard InChI is InChI=1S/C21H17ClFN5O3S/c1-11-10-21(11,24)32(29,30)19-16-17(12-6-2-3-7-13(12)22)27-28-18(16)25-20(26-19)31-15-9-5-4-8-14(15)23/h2-9,11H,10,24H2,1H3,(H,25,26,27,28). The fourth-order valence-electron chi connectivity index (χ4n) is 3.57. The maximum atomic E-state index is 14.1. The quantitative estimate of drug-likeness (QED) is 0.418. The number of hydrogen-bond acceptors (Lipinski definition) is 7. The third kappa shape index (κ3) is 3.14. The van der Waals surface area contributed by atoms with Gasteiger partial charge < -0.3 is 10.5 Å². The van der Waals surface area contributed by atoms with E-state index in [2.05, 4.69) is 20.2 Å². The smallest absolute Gasteiger partial charge is 0.325 e. The second kappa shape index (κ2) is 7.22. The van der Waals surface area contributed by atoms with Crippen molar-refractivity contribution in [1.82, 2.24) is 20.2 Å². The summed E-state index contributed by atoms with van der Waals surface area (Å²) < 4.78 is 46.7. The van der Waals surface area contributed by atoms with Crippen molar-refractivity contribution in [1.29, 1.82) is 0 Å². The van der Waals surface area contributed by atoms with Crippen LogP contribution in [0.25, 0.3) is 22.3 Å². The summed E-state index contributed by atoms with van der Waals surface area (Å²) in [5.74, 6) is -1.06. The number of halogens is 2. The van der Waals surface area contributed by atoms with E-state index in [0.717, 1.165) is 0 Å². The molecule has 3 N–H and O–H groups in total. The third-order valence-electron chi connectivity index (χ3n) is 5.60. The van der Waals surface area contributed by atoms with Crippen LogP contribution < -0.4 is 10.5 Å². The average molecular weight is 474 g/mol. The van der Waals surface area contributed by atoms with Crippen molar-refractivity contribution in [2.75, 3.05) is 0 Å². The number of para-hydroxylation sites is 1. The summed E-state index contributed by atoms with van der Waals surface area (Å²) in [5, 5.41) is 7.12. The number of fused-ring (bicyclic) bond motifs is 1. The van der Waals surface area contributed by atoms with Crippen molar-refractivity contribution in [3.63, 3.8) is 0 Å². The van der Waals surface area contributed by atoms with Crippen LogP contribution in [0.5, 0.6) is 11.8 Å². The highest BCUT2D eigenvalue weighted by Gasteiger charge is 2.60. The number of nitrogens with zero attached hydrogens (tertiary/aromatic N) is 3. The molecule has 8 nitrogen and oxygen atoms in total. The van der Waals surface area contributed by atoms with Gasteiger partial charge in [-0.05, 0) is 30.5 Å². The zero-order chi connectivity index (χ0) is 22.7. The van der Waals surface area contributed by atoms with Crippen LogP contribution in [0.1, 0.15) is 13.3 Å². The molecule has 0 bridgehead atoms. The summed E-state index contributed by atoms with van der Waals surface area (Å²) in [6.07, 6.45) is 0.281. The van der Waals surface area contributed by atoms with Crippen molar-refractivity contribution >= 4 is 32.5 Å². The molecule has 4 aromatic rings. The number of nitrogens with two attached hydrogens (primary N) is 1. The second-order valence-electron chi connectivity index (χ2n) is 7.68. The van der Waals surface area contributed by atoms with Crippen LogP contribution in [0.4, 0.5) is 4.39 Å². The number of rotatable bonds is 5. The summed E-state index contributed by atoms with van der Waals surface area (Å²) in [6.45, 7) is 1.75. The Morgan fingerprint density at radius 2 is 1.88 bits per heavy atom. The van der Waals surface area contributed by atoms with Gasteiger partial charge in [0, 0.05) is 10.6 Å². The highest BCUT2D eigenvalue weighted by molar-refractivity contribution is 7.93. The number of ether oxygens (including phenoxy) is 1. The van der Waals surface area contributed by atoms with E-state index in [0.29, 0.717) is 16.3 Å². The van der Waals surface area contributed by atoms with Gasteiger partial charge in [0.1, 0.15) is 4.87 Å². The first-order chi connectivity index (χ1) is 15.2. The molecule has 1 aliphatic carbocycles. The Balaban J connectivity index is 1.76. The molecule has 0 radical (unpaired) electrons. The highest BCUT2D eigenvalue weighted by atomic mass is 35.5. The van der Waals surface area contributed by atoms with E-state index in [1.54, 1.807) is 37.3 Å². The van der Waals surface area contributed by atoms with E-state index in [-0.39, 0.29) is 40.2 Å². The minimum Gasteiger partial charge on any atom is -0.421 e. The SMILES string of the molecule is CC1CC1(N)S(=O)(=O)c1nc(Oc2ccccc2F)nc2n[nH]c(-c3ccccc3Cl)c12. The normalized spacial score (nSPS) is 20.4.